The highest BCUT2D eigenvalue weighted by Crippen LogP contribution is 2.25. The number of benzene rings is 1. The largest absolute Gasteiger partial charge is 0.496 e. The maximum atomic E-state index is 13.3. The van der Waals surface area contributed by atoms with Gasteiger partial charge in [0.25, 0.3) is 5.91 Å². The smallest absolute Gasteiger partial charge is 0.272 e. The van der Waals surface area contributed by atoms with Crippen molar-refractivity contribution < 1.29 is 13.9 Å². The van der Waals surface area contributed by atoms with Gasteiger partial charge in [-0.1, -0.05) is 0 Å². The summed E-state index contributed by atoms with van der Waals surface area (Å²) in [6.07, 6.45) is 1.68. The van der Waals surface area contributed by atoms with E-state index in [0.717, 1.165) is 0 Å². The molecule has 1 heterocycles. The van der Waals surface area contributed by atoms with Crippen LogP contribution in [-0.4, -0.2) is 22.8 Å². The molecule has 20 heavy (non-hydrogen) atoms. The number of hydrogen-bond acceptors (Lipinski definition) is 3. The number of aromatic nitrogens is 2. The Kier molecular flexibility index (Phi) is 4.02. The number of carbonyl (C=O) groups is 1. The molecule has 0 aliphatic heterocycles. The lowest BCUT2D eigenvalue weighted by molar-refractivity contribution is 0.0933. The van der Waals surface area contributed by atoms with Crippen molar-refractivity contribution in [3.8, 4) is 5.75 Å². The third kappa shape index (κ3) is 2.96. The Bertz CT molecular complexity index is 625. The van der Waals surface area contributed by atoms with Crippen molar-refractivity contribution >= 4 is 5.91 Å². The molecule has 0 spiro atoms. The van der Waals surface area contributed by atoms with E-state index in [1.807, 2.05) is 0 Å². The van der Waals surface area contributed by atoms with Crippen LogP contribution in [0.5, 0.6) is 5.75 Å². The Labute approximate surface area is 116 Å². The van der Waals surface area contributed by atoms with E-state index in [1.165, 1.54) is 25.3 Å². The van der Waals surface area contributed by atoms with Gasteiger partial charge in [0.2, 0.25) is 0 Å². The number of carbonyl (C=O) groups excluding carboxylic acids is 1. The Morgan fingerprint density at radius 2 is 2.20 bits per heavy atom. The molecule has 1 N–H and O–H groups in total. The molecule has 6 heteroatoms. The van der Waals surface area contributed by atoms with Crippen LogP contribution in [0, 0.1) is 5.82 Å². The number of methoxy groups -OCH3 is 1. The summed E-state index contributed by atoms with van der Waals surface area (Å²) in [5, 5.41) is 6.78. The SMILES string of the molecule is COc1ccc(F)cc1C(C)NC(=O)c1ccn(C)n1. The molecule has 0 radical (unpaired) electrons. The molecule has 2 rings (SSSR count). The summed E-state index contributed by atoms with van der Waals surface area (Å²) in [7, 11) is 3.24. The Balaban J connectivity index is 2.17. The first-order valence-corrected chi connectivity index (χ1v) is 6.15. The van der Waals surface area contributed by atoms with Gasteiger partial charge < -0.3 is 10.1 Å². The summed E-state index contributed by atoms with van der Waals surface area (Å²) in [4.78, 5) is 12.0. The molecule has 1 unspecified atom stereocenters. The second kappa shape index (κ2) is 5.73. The Hall–Kier alpha value is -2.37. The van der Waals surface area contributed by atoms with Crippen molar-refractivity contribution in [2.45, 2.75) is 13.0 Å². The van der Waals surface area contributed by atoms with E-state index < -0.39 is 6.04 Å². The third-order valence-corrected chi connectivity index (χ3v) is 2.95. The first-order valence-electron chi connectivity index (χ1n) is 6.15. The van der Waals surface area contributed by atoms with Crippen LogP contribution in [0.15, 0.2) is 30.5 Å². The van der Waals surface area contributed by atoms with E-state index in [0.29, 0.717) is 17.0 Å². The number of hydrogen-bond donors (Lipinski definition) is 1. The summed E-state index contributed by atoms with van der Waals surface area (Å²) in [6, 6.07) is 5.42. The molecule has 1 aromatic carbocycles. The zero-order chi connectivity index (χ0) is 14.7. The number of halogens is 1. The number of amides is 1. The van der Waals surface area contributed by atoms with Crippen LogP contribution in [-0.2, 0) is 7.05 Å². The maximum absolute atomic E-state index is 13.3. The minimum Gasteiger partial charge on any atom is -0.496 e. The van der Waals surface area contributed by atoms with E-state index in [2.05, 4.69) is 10.4 Å². The molecule has 0 aliphatic rings. The van der Waals surface area contributed by atoms with Crippen LogP contribution in [0.4, 0.5) is 4.39 Å². The van der Waals surface area contributed by atoms with Crippen LogP contribution < -0.4 is 10.1 Å². The van der Waals surface area contributed by atoms with Gasteiger partial charge in [0.15, 0.2) is 0 Å². The predicted octanol–water partition coefficient (Wildman–Crippen LogP) is 2.06. The predicted molar refractivity (Wildman–Crippen MR) is 72.0 cm³/mol. The maximum Gasteiger partial charge on any atom is 0.272 e. The molecule has 0 saturated carbocycles. The fourth-order valence-corrected chi connectivity index (χ4v) is 1.93. The van der Waals surface area contributed by atoms with Gasteiger partial charge in [-0.25, -0.2) is 4.39 Å². The van der Waals surface area contributed by atoms with Crippen LogP contribution in [0.3, 0.4) is 0 Å². The van der Waals surface area contributed by atoms with Crippen LogP contribution in [0.25, 0.3) is 0 Å². The second-order valence-electron chi connectivity index (χ2n) is 4.46. The van der Waals surface area contributed by atoms with Crippen LogP contribution in [0.2, 0.25) is 0 Å². The van der Waals surface area contributed by atoms with Gasteiger partial charge in [-0.2, -0.15) is 5.10 Å². The van der Waals surface area contributed by atoms with Crippen molar-refractivity contribution in [1.82, 2.24) is 15.1 Å². The fourth-order valence-electron chi connectivity index (χ4n) is 1.93. The van der Waals surface area contributed by atoms with Crippen molar-refractivity contribution in [2.24, 2.45) is 7.05 Å². The number of ether oxygens (including phenoxy) is 1. The number of rotatable bonds is 4. The monoisotopic (exact) mass is 277 g/mol. The average molecular weight is 277 g/mol. The van der Waals surface area contributed by atoms with Gasteiger partial charge in [0, 0.05) is 18.8 Å². The van der Waals surface area contributed by atoms with E-state index >= 15 is 0 Å². The summed E-state index contributed by atoms with van der Waals surface area (Å²) >= 11 is 0. The standard InChI is InChI=1S/C14H16FN3O2/c1-9(11-8-10(15)4-5-13(11)20-3)16-14(19)12-6-7-18(2)17-12/h4-9H,1-3H3,(H,16,19). The molecule has 2 aromatic rings. The van der Waals surface area contributed by atoms with Gasteiger partial charge in [0.05, 0.1) is 13.2 Å². The van der Waals surface area contributed by atoms with Gasteiger partial charge in [0.1, 0.15) is 17.3 Å². The molecular formula is C14H16FN3O2. The van der Waals surface area contributed by atoms with E-state index in [9.17, 15) is 9.18 Å². The number of nitrogens with zero attached hydrogens (tertiary/aromatic N) is 2. The lowest BCUT2D eigenvalue weighted by Gasteiger charge is -2.16. The zero-order valence-electron chi connectivity index (χ0n) is 11.6. The van der Waals surface area contributed by atoms with Gasteiger partial charge in [-0.3, -0.25) is 9.48 Å². The molecule has 5 nitrogen and oxygen atoms in total. The topological polar surface area (TPSA) is 56.1 Å². The van der Waals surface area contributed by atoms with Gasteiger partial charge in [-0.15, -0.1) is 0 Å². The highest BCUT2D eigenvalue weighted by Gasteiger charge is 2.17. The Morgan fingerprint density at radius 1 is 1.45 bits per heavy atom. The minimum absolute atomic E-state index is 0.315. The average Bonchev–Trinajstić information content (AvgIpc) is 2.85. The highest BCUT2D eigenvalue weighted by atomic mass is 19.1. The van der Waals surface area contributed by atoms with Gasteiger partial charge >= 0.3 is 0 Å². The highest BCUT2D eigenvalue weighted by molar-refractivity contribution is 5.92. The summed E-state index contributed by atoms with van der Waals surface area (Å²) in [6.45, 7) is 1.76. The van der Waals surface area contributed by atoms with E-state index in [-0.39, 0.29) is 11.7 Å². The van der Waals surface area contributed by atoms with Crippen molar-refractivity contribution in [3.63, 3.8) is 0 Å². The summed E-state index contributed by atoms with van der Waals surface area (Å²) in [5.74, 6) is -0.163. The lowest BCUT2D eigenvalue weighted by Crippen LogP contribution is -2.27. The Morgan fingerprint density at radius 3 is 2.80 bits per heavy atom. The summed E-state index contributed by atoms with van der Waals surface area (Å²) < 4.78 is 20.0. The first-order chi connectivity index (χ1) is 9.51. The minimum atomic E-state index is -0.393. The molecule has 0 aliphatic carbocycles. The molecule has 0 bridgehead atoms. The normalized spacial score (nSPS) is 12.0. The molecular weight excluding hydrogens is 261 g/mol. The van der Waals surface area contributed by atoms with Crippen molar-refractivity contribution in [3.05, 3.63) is 47.5 Å². The molecule has 1 aromatic heterocycles. The second-order valence-corrected chi connectivity index (χ2v) is 4.46. The van der Waals surface area contributed by atoms with Crippen LogP contribution >= 0.6 is 0 Å². The molecule has 1 atom stereocenters. The van der Waals surface area contributed by atoms with Gasteiger partial charge in [-0.05, 0) is 31.2 Å². The first kappa shape index (κ1) is 14.0. The fraction of sp³-hybridized carbons (Fsp3) is 0.286. The summed E-state index contributed by atoms with van der Waals surface area (Å²) in [5.41, 5.74) is 0.895. The van der Waals surface area contributed by atoms with E-state index in [4.69, 9.17) is 4.74 Å². The molecule has 106 valence electrons. The third-order valence-electron chi connectivity index (χ3n) is 2.95. The van der Waals surface area contributed by atoms with Crippen molar-refractivity contribution in [2.75, 3.05) is 7.11 Å². The van der Waals surface area contributed by atoms with E-state index in [1.54, 1.807) is 30.9 Å². The van der Waals surface area contributed by atoms with Crippen LogP contribution in [0.1, 0.15) is 29.0 Å². The molecule has 0 fully saturated rings. The molecule has 1 amide bonds. The lowest BCUT2D eigenvalue weighted by atomic mass is 10.1. The molecule has 0 saturated heterocycles. The quantitative estimate of drug-likeness (QED) is 0.930. The number of nitrogens with one attached hydrogen (secondary N) is 1. The number of aryl methyl sites for hydroxylation is 1. The van der Waals surface area contributed by atoms with Crippen molar-refractivity contribution in [1.29, 1.82) is 0 Å². The zero-order valence-corrected chi connectivity index (χ0v) is 11.6.